The Bertz CT molecular complexity index is 1200. The minimum Gasteiger partial charge on any atom is -0.399 e. The molecule has 30 heavy (non-hydrogen) atoms. The van der Waals surface area contributed by atoms with Crippen LogP contribution in [0.2, 0.25) is 5.02 Å². The summed E-state index contributed by atoms with van der Waals surface area (Å²) in [7, 11) is -4.10. The quantitative estimate of drug-likeness (QED) is 0.582. The normalized spacial score (nSPS) is 11.9. The summed E-state index contributed by atoms with van der Waals surface area (Å²) in [5.41, 5.74) is 7.62. The summed E-state index contributed by atoms with van der Waals surface area (Å²) in [4.78, 5) is 17.5. The number of nitrogen functional groups attached to an aromatic ring is 1. The molecule has 0 bridgehead atoms. The summed E-state index contributed by atoms with van der Waals surface area (Å²) in [6.45, 7) is 6.01. The van der Waals surface area contributed by atoms with Crippen molar-refractivity contribution in [2.24, 2.45) is 0 Å². The van der Waals surface area contributed by atoms with E-state index in [-0.39, 0.29) is 21.6 Å². The molecule has 1 aromatic heterocycles. The van der Waals surface area contributed by atoms with Gasteiger partial charge in [0.05, 0.1) is 16.2 Å². The second-order valence-electron chi connectivity index (χ2n) is 7.86. The second-order valence-corrected chi connectivity index (χ2v) is 9.98. The monoisotopic (exact) mass is 443 g/mol. The fourth-order valence-corrected chi connectivity index (χ4v) is 3.95. The van der Waals surface area contributed by atoms with Crippen LogP contribution in [0.5, 0.6) is 0 Å². The highest BCUT2D eigenvalue weighted by atomic mass is 35.5. The molecule has 1 heterocycles. The predicted octanol–water partition coefficient (Wildman–Crippen LogP) is 4.40. The maximum absolute atomic E-state index is 13.0. The number of anilines is 1. The Balaban J connectivity index is 2.06. The van der Waals surface area contributed by atoms with Crippen LogP contribution in [-0.4, -0.2) is 19.3 Å². The zero-order chi connectivity index (χ0) is 22.1. The third-order valence-corrected chi connectivity index (χ3v) is 6.00. The number of amides is 1. The molecular weight excluding hydrogens is 422 g/mol. The van der Waals surface area contributed by atoms with E-state index < -0.39 is 15.9 Å². The summed E-state index contributed by atoms with van der Waals surface area (Å²) >= 11 is 5.98. The average molecular weight is 444 g/mol. The van der Waals surface area contributed by atoms with Gasteiger partial charge in [-0.05, 0) is 42.5 Å². The molecule has 8 heteroatoms. The summed E-state index contributed by atoms with van der Waals surface area (Å²) < 4.78 is 27.4. The van der Waals surface area contributed by atoms with Crippen molar-refractivity contribution >= 4 is 33.2 Å². The van der Waals surface area contributed by atoms with Gasteiger partial charge >= 0.3 is 0 Å². The van der Waals surface area contributed by atoms with Crippen molar-refractivity contribution < 1.29 is 13.2 Å². The smallest absolute Gasteiger partial charge is 0.267 e. The highest BCUT2D eigenvalue weighted by Gasteiger charge is 2.24. The third-order valence-electron chi connectivity index (χ3n) is 4.42. The molecule has 0 aliphatic heterocycles. The Morgan fingerprint density at radius 1 is 1.03 bits per heavy atom. The lowest BCUT2D eigenvalue weighted by molar-refractivity contribution is 0.0981. The number of nitrogens with two attached hydrogens (primary N) is 1. The van der Waals surface area contributed by atoms with E-state index in [1.54, 1.807) is 42.5 Å². The van der Waals surface area contributed by atoms with Gasteiger partial charge in [-0.2, -0.15) is 0 Å². The van der Waals surface area contributed by atoms with Crippen molar-refractivity contribution in [1.82, 2.24) is 9.71 Å². The van der Waals surface area contributed by atoms with Gasteiger partial charge in [-0.15, -0.1) is 0 Å². The van der Waals surface area contributed by atoms with Crippen molar-refractivity contribution in [1.29, 1.82) is 0 Å². The Labute approximate surface area is 181 Å². The first-order valence-corrected chi connectivity index (χ1v) is 11.0. The Morgan fingerprint density at radius 2 is 1.70 bits per heavy atom. The zero-order valence-corrected chi connectivity index (χ0v) is 18.4. The van der Waals surface area contributed by atoms with Crippen molar-refractivity contribution in [2.45, 2.75) is 31.1 Å². The van der Waals surface area contributed by atoms with Crippen LogP contribution in [0, 0.1) is 0 Å². The van der Waals surface area contributed by atoms with E-state index in [4.69, 9.17) is 17.3 Å². The van der Waals surface area contributed by atoms with Crippen molar-refractivity contribution in [3.8, 4) is 11.3 Å². The van der Waals surface area contributed by atoms with Crippen molar-refractivity contribution in [2.75, 3.05) is 5.73 Å². The maximum Gasteiger partial charge on any atom is 0.267 e. The van der Waals surface area contributed by atoms with Crippen LogP contribution in [0.1, 0.15) is 36.8 Å². The second kappa shape index (κ2) is 8.08. The Kier molecular flexibility index (Phi) is 5.87. The summed E-state index contributed by atoms with van der Waals surface area (Å²) in [6, 6.07) is 15.9. The minimum absolute atomic E-state index is 0.0943. The molecule has 0 saturated heterocycles. The van der Waals surface area contributed by atoms with Crippen molar-refractivity contribution in [3.05, 3.63) is 76.9 Å². The van der Waals surface area contributed by atoms with E-state index in [0.29, 0.717) is 16.3 Å². The fourth-order valence-electron chi connectivity index (χ4n) is 2.81. The summed E-state index contributed by atoms with van der Waals surface area (Å²) in [5.74, 6) is -0.782. The van der Waals surface area contributed by atoms with Gasteiger partial charge in [-0.1, -0.05) is 50.6 Å². The van der Waals surface area contributed by atoms with Gasteiger partial charge < -0.3 is 5.73 Å². The van der Waals surface area contributed by atoms with Gasteiger partial charge in [0.1, 0.15) is 0 Å². The van der Waals surface area contributed by atoms with Gasteiger partial charge in [-0.3, -0.25) is 9.78 Å². The fraction of sp³-hybridized carbons (Fsp3) is 0.182. The number of hydrogen-bond acceptors (Lipinski definition) is 5. The van der Waals surface area contributed by atoms with Gasteiger partial charge in [0.25, 0.3) is 15.9 Å². The molecule has 1 amide bonds. The molecule has 3 N–H and O–H groups in total. The topological polar surface area (TPSA) is 102 Å². The third kappa shape index (κ3) is 4.80. The van der Waals surface area contributed by atoms with E-state index >= 15 is 0 Å². The SMILES string of the molecule is CC(C)(C)c1ccc(C(=O)NS(=O)(=O)c2cccc(N)c2)c(-c2ccc(Cl)cc2)n1. The number of rotatable bonds is 4. The number of benzene rings is 2. The molecular formula is C22H22ClN3O3S. The number of halogens is 1. The van der Waals surface area contributed by atoms with Crippen molar-refractivity contribution in [3.63, 3.8) is 0 Å². The first-order valence-electron chi connectivity index (χ1n) is 9.17. The number of hydrogen-bond donors (Lipinski definition) is 2. The van der Waals surface area contributed by atoms with Crippen LogP contribution in [0.4, 0.5) is 5.69 Å². The molecule has 0 aliphatic carbocycles. The lowest BCUT2D eigenvalue weighted by Crippen LogP contribution is -2.31. The van der Waals surface area contributed by atoms with Crippen LogP contribution < -0.4 is 10.5 Å². The molecule has 3 rings (SSSR count). The number of carbonyl (C=O) groups excluding carboxylic acids is 1. The first-order chi connectivity index (χ1) is 14.0. The molecule has 0 radical (unpaired) electrons. The Morgan fingerprint density at radius 3 is 2.30 bits per heavy atom. The van der Waals surface area contributed by atoms with Gasteiger partial charge in [0, 0.05) is 27.4 Å². The molecule has 6 nitrogen and oxygen atoms in total. The highest BCUT2D eigenvalue weighted by Crippen LogP contribution is 2.28. The van der Waals surface area contributed by atoms with E-state index in [9.17, 15) is 13.2 Å². The summed E-state index contributed by atoms with van der Waals surface area (Å²) in [6.07, 6.45) is 0. The lowest BCUT2D eigenvalue weighted by atomic mass is 9.90. The molecule has 0 atom stereocenters. The van der Waals surface area contributed by atoms with E-state index in [1.165, 1.54) is 18.2 Å². The lowest BCUT2D eigenvalue weighted by Gasteiger charge is -2.20. The molecule has 156 valence electrons. The van der Waals surface area contributed by atoms with E-state index in [2.05, 4.69) is 9.71 Å². The molecule has 3 aromatic rings. The van der Waals surface area contributed by atoms with E-state index in [0.717, 1.165) is 5.69 Å². The van der Waals surface area contributed by atoms with Gasteiger partial charge in [0.2, 0.25) is 0 Å². The standard InChI is InChI=1S/C22H22ClN3O3S/c1-22(2,3)19-12-11-18(20(25-19)14-7-9-15(23)10-8-14)21(27)26-30(28,29)17-6-4-5-16(24)13-17/h4-13H,24H2,1-3H3,(H,26,27). The first kappa shape index (κ1) is 21.8. The molecule has 0 fully saturated rings. The molecule has 0 aliphatic rings. The predicted molar refractivity (Wildman–Crippen MR) is 119 cm³/mol. The van der Waals surface area contributed by atoms with E-state index in [1.807, 2.05) is 20.8 Å². The number of carbonyl (C=O) groups is 1. The molecule has 0 unspecified atom stereocenters. The van der Waals surface area contributed by atoms with Crippen LogP contribution in [0.3, 0.4) is 0 Å². The van der Waals surface area contributed by atoms with Crippen LogP contribution >= 0.6 is 11.6 Å². The largest absolute Gasteiger partial charge is 0.399 e. The number of nitrogens with zero attached hydrogens (tertiary/aromatic N) is 1. The summed E-state index contributed by atoms with van der Waals surface area (Å²) in [5, 5.41) is 0.543. The maximum atomic E-state index is 13.0. The molecule has 2 aromatic carbocycles. The Hall–Kier alpha value is -2.90. The van der Waals surface area contributed by atoms with Gasteiger partial charge in [0.15, 0.2) is 0 Å². The number of pyridine rings is 1. The number of nitrogens with one attached hydrogen (secondary N) is 1. The number of aromatic nitrogens is 1. The minimum atomic E-state index is -4.10. The van der Waals surface area contributed by atoms with Crippen LogP contribution in [0.25, 0.3) is 11.3 Å². The van der Waals surface area contributed by atoms with Crippen LogP contribution in [0.15, 0.2) is 65.6 Å². The molecule has 0 spiro atoms. The van der Waals surface area contributed by atoms with Crippen LogP contribution in [-0.2, 0) is 15.4 Å². The number of sulfonamides is 1. The zero-order valence-electron chi connectivity index (χ0n) is 16.8. The molecule has 0 saturated carbocycles. The highest BCUT2D eigenvalue weighted by molar-refractivity contribution is 7.90. The average Bonchev–Trinajstić information content (AvgIpc) is 2.67. The van der Waals surface area contributed by atoms with Gasteiger partial charge in [-0.25, -0.2) is 13.1 Å².